The molecule has 9 heteroatoms. The molecule has 0 aliphatic rings. The van der Waals surface area contributed by atoms with Crippen LogP contribution in [-0.2, 0) is 16.1 Å². The van der Waals surface area contributed by atoms with Gasteiger partial charge in [0.2, 0.25) is 5.91 Å². The standard InChI is InChI=1S/C23H27N3O6/c1-15(27)31-20-11-6-10-19(21(20)32-16(2)28)23(30)26(3)13-7-12-25-14-17-8-4-5-9-18(17)22(24)29/h4-6,8-11,25H,7,12-14H2,1-3H3,(H2,24,29). The second-order valence-electron chi connectivity index (χ2n) is 7.10. The zero-order valence-electron chi connectivity index (χ0n) is 18.3. The van der Waals surface area contributed by atoms with E-state index in [0.29, 0.717) is 31.6 Å². The molecule has 0 heterocycles. The van der Waals surface area contributed by atoms with E-state index in [1.165, 1.54) is 30.9 Å². The number of ether oxygens (including phenoxy) is 2. The average Bonchev–Trinajstić information content (AvgIpc) is 2.73. The third kappa shape index (κ3) is 6.92. The lowest BCUT2D eigenvalue weighted by Gasteiger charge is -2.20. The van der Waals surface area contributed by atoms with Gasteiger partial charge in [-0.25, -0.2) is 0 Å². The van der Waals surface area contributed by atoms with Crippen molar-refractivity contribution in [1.82, 2.24) is 10.2 Å². The Bertz CT molecular complexity index is 1000. The van der Waals surface area contributed by atoms with Gasteiger partial charge in [-0.3, -0.25) is 19.2 Å². The molecule has 2 aromatic rings. The van der Waals surface area contributed by atoms with Crippen molar-refractivity contribution in [3.8, 4) is 11.5 Å². The van der Waals surface area contributed by atoms with E-state index in [1.54, 1.807) is 25.2 Å². The van der Waals surface area contributed by atoms with E-state index in [0.717, 1.165) is 5.56 Å². The summed E-state index contributed by atoms with van der Waals surface area (Å²) in [6.07, 6.45) is 0.632. The molecule has 0 spiro atoms. The van der Waals surface area contributed by atoms with Crippen molar-refractivity contribution in [2.75, 3.05) is 20.1 Å². The van der Waals surface area contributed by atoms with Crippen LogP contribution in [-0.4, -0.2) is 48.8 Å². The van der Waals surface area contributed by atoms with Crippen molar-refractivity contribution in [3.05, 3.63) is 59.2 Å². The molecule has 2 rings (SSSR count). The molecule has 0 aliphatic heterocycles. The lowest BCUT2D eigenvalue weighted by atomic mass is 10.1. The maximum atomic E-state index is 12.9. The summed E-state index contributed by atoms with van der Waals surface area (Å²) in [5, 5.41) is 3.23. The minimum absolute atomic E-state index is 0.00160. The third-order valence-corrected chi connectivity index (χ3v) is 4.50. The van der Waals surface area contributed by atoms with Gasteiger partial charge < -0.3 is 25.4 Å². The Morgan fingerprint density at radius 3 is 2.25 bits per heavy atom. The molecule has 0 aliphatic carbocycles. The smallest absolute Gasteiger partial charge is 0.308 e. The van der Waals surface area contributed by atoms with Crippen LogP contribution in [0, 0.1) is 0 Å². The molecule has 170 valence electrons. The normalized spacial score (nSPS) is 10.3. The maximum absolute atomic E-state index is 12.9. The Hall–Kier alpha value is -3.72. The first-order chi connectivity index (χ1) is 15.2. The van der Waals surface area contributed by atoms with Gasteiger partial charge in [0.05, 0.1) is 5.56 Å². The molecule has 2 aromatic carbocycles. The van der Waals surface area contributed by atoms with Gasteiger partial charge in [-0.1, -0.05) is 24.3 Å². The molecule has 0 bridgehead atoms. The zero-order chi connectivity index (χ0) is 23.7. The van der Waals surface area contributed by atoms with E-state index in [9.17, 15) is 19.2 Å². The van der Waals surface area contributed by atoms with Gasteiger partial charge in [-0.15, -0.1) is 0 Å². The molecule has 3 N–H and O–H groups in total. The number of carbonyl (C=O) groups is 4. The predicted octanol–water partition coefficient (Wildman–Crippen LogP) is 1.89. The molecule has 32 heavy (non-hydrogen) atoms. The van der Waals surface area contributed by atoms with E-state index in [-0.39, 0.29) is 23.0 Å². The van der Waals surface area contributed by atoms with Crippen LogP contribution >= 0.6 is 0 Å². The van der Waals surface area contributed by atoms with Crippen molar-refractivity contribution in [2.45, 2.75) is 26.8 Å². The molecule has 0 fully saturated rings. The van der Waals surface area contributed by atoms with Crippen LogP contribution in [0.2, 0.25) is 0 Å². The molecule has 2 amide bonds. The van der Waals surface area contributed by atoms with Gasteiger partial charge in [-0.2, -0.15) is 0 Å². The highest BCUT2D eigenvalue weighted by atomic mass is 16.6. The minimum Gasteiger partial charge on any atom is -0.423 e. The van der Waals surface area contributed by atoms with Gasteiger partial charge in [0.25, 0.3) is 5.91 Å². The lowest BCUT2D eigenvalue weighted by Crippen LogP contribution is -2.30. The molecule has 9 nitrogen and oxygen atoms in total. The Labute approximate surface area is 186 Å². The first kappa shape index (κ1) is 24.5. The number of benzene rings is 2. The number of amides is 2. The van der Waals surface area contributed by atoms with Crippen molar-refractivity contribution in [2.24, 2.45) is 5.73 Å². The highest BCUT2D eigenvalue weighted by Crippen LogP contribution is 2.32. The highest BCUT2D eigenvalue weighted by Gasteiger charge is 2.22. The van der Waals surface area contributed by atoms with Crippen LogP contribution in [0.3, 0.4) is 0 Å². The number of rotatable bonds is 10. The Balaban J connectivity index is 1.97. The Morgan fingerprint density at radius 1 is 0.938 bits per heavy atom. The van der Waals surface area contributed by atoms with Crippen molar-refractivity contribution < 1.29 is 28.7 Å². The predicted molar refractivity (Wildman–Crippen MR) is 117 cm³/mol. The van der Waals surface area contributed by atoms with Crippen LogP contribution in [0.5, 0.6) is 11.5 Å². The van der Waals surface area contributed by atoms with Crippen molar-refractivity contribution in [3.63, 3.8) is 0 Å². The SMILES string of the molecule is CC(=O)Oc1cccc(C(=O)N(C)CCCNCc2ccccc2C(N)=O)c1OC(C)=O. The summed E-state index contributed by atoms with van der Waals surface area (Å²) < 4.78 is 10.2. The van der Waals surface area contributed by atoms with Gasteiger partial charge >= 0.3 is 11.9 Å². The molecule has 0 saturated carbocycles. The maximum Gasteiger partial charge on any atom is 0.308 e. The summed E-state index contributed by atoms with van der Waals surface area (Å²) in [5.41, 5.74) is 6.77. The molecule has 0 atom stereocenters. The van der Waals surface area contributed by atoms with E-state index in [2.05, 4.69) is 5.32 Å². The third-order valence-electron chi connectivity index (χ3n) is 4.50. The molecular weight excluding hydrogens is 414 g/mol. The summed E-state index contributed by atoms with van der Waals surface area (Å²) in [7, 11) is 1.63. The molecule has 0 radical (unpaired) electrons. The van der Waals surface area contributed by atoms with Gasteiger partial charge in [0.1, 0.15) is 0 Å². The van der Waals surface area contributed by atoms with Crippen LogP contribution in [0.25, 0.3) is 0 Å². The number of hydrogen-bond acceptors (Lipinski definition) is 7. The van der Waals surface area contributed by atoms with Crippen LogP contribution in [0.4, 0.5) is 0 Å². The van der Waals surface area contributed by atoms with Gasteiger partial charge in [0, 0.05) is 39.5 Å². The summed E-state index contributed by atoms with van der Waals surface area (Å²) in [6, 6.07) is 11.6. The van der Waals surface area contributed by atoms with E-state index < -0.39 is 17.8 Å². The van der Waals surface area contributed by atoms with E-state index in [4.69, 9.17) is 15.2 Å². The first-order valence-corrected chi connectivity index (χ1v) is 10.0. The van der Waals surface area contributed by atoms with E-state index in [1.807, 2.05) is 12.1 Å². The van der Waals surface area contributed by atoms with Gasteiger partial charge in [0.15, 0.2) is 11.5 Å². The fraction of sp³-hybridized carbons (Fsp3) is 0.304. The van der Waals surface area contributed by atoms with Crippen molar-refractivity contribution >= 4 is 23.8 Å². The first-order valence-electron chi connectivity index (χ1n) is 10.0. The second-order valence-corrected chi connectivity index (χ2v) is 7.10. The minimum atomic E-state index is -0.637. The summed E-state index contributed by atoms with van der Waals surface area (Å²) >= 11 is 0. The summed E-state index contributed by atoms with van der Waals surface area (Å²) in [6.45, 7) is 3.89. The monoisotopic (exact) mass is 441 g/mol. The topological polar surface area (TPSA) is 128 Å². The fourth-order valence-corrected chi connectivity index (χ4v) is 3.05. The number of esters is 2. The number of nitrogens with two attached hydrogens (primary N) is 1. The quantitative estimate of drug-likeness (QED) is 0.327. The highest BCUT2D eigenvalue weighted by molar-refractivity contribution is 5.98. The largest absolute Gasteiger partial charge is 0.423 e. The number of carbonyl (C=O) groups excluding carboxylic acids is 4. The average molecular weight is 441 g/mol. The number of hydrogen-bond donors (Lipinski definition) is 2. The zero-order valence-corrected chi connectivity index (χ0v) is 18.3. The summed E-state index contributed by atoms with van der Waals surface area (Å²) in [4.78, 5) is 48.7. The molecule has 0 aromatic heterocycles. The van der Waals surface area contributed by atoms with E-state index >= 15 is 0 Å². The fourth-order valence-electron chi connectivity index (χ4n) is 3.05. The van der Waals surface area contributed by atoms with Crippen molar-refractivity contribution in [1.29, 1.82) is 0 Å². The number of para-hydroxylation sites is 1. The van der Waals surface area contributed by atoms with Gasteiger partial charge in [-0.05, 0) is 36.7 Å². The number of nitrogens with one attached hydrogen (secondary N) is 1. The lowest BCUT2D eigenvalue weighted by molar-refractivity contribution is -0.134. The Morgan fingerprint density at radius 2 is 1.59 bits per heavy atom. The summed E-state index contributed by atoms with van der Waals surface area (Å²) in [5.74, 6) is -2.18. The number of nitrogens with zero attached hydrogens (tertiary/aromatic N) is 1. The Kier molecular flexibility index (Phi) is 8.91. The van der Waals surface area contributed by atoms with Crippen LogP contribution in [0.15, 0.2) is 42.5 Å². The molecular formula is C23H27N3O6. The van der Waals surface area contributed by atoms with Crippen LogP contribution in [0.1, 0.15) is 46.5 Å². The second kappa shape index (κ2) is 11.6. The molecule has 0 saturated heterocycles. The number of primary amides is 1. The molecule has 0 unspecified atom stereocenters. The van der Waals surface area contributed by atoms with Crippen LogP contribution < -0.4 is 20.5 Å².